The normalized spacial score (nSPS) is 16.3. The molecule has 0 aliphatic carbocycles. The Labute approximate surface area is 173 Å². The van der Waals surface area contributed by atoms with Crippen LogP contribution in [0.1, 0.15) is 34.1 Å². The maximum atomic E-state index is 12.5. The molecule has 1 aromatic carbocycles. The third kappa shape index (κ3) is 4.80. The van der Waals surface area contributed by atoms with Gasteiger partial charge in [-0.2, -0.15) is 0 Å². The molecule has 0 unspecified atom stereocenters. The van der Waals surface area contributed by atoms with Crippen LogP contribution in [0, 0.1) is 0 Å². The molecule has 2 heterocycles. The number of hydrazine groups is 1. The van der Waals surface area contributed by atoms with Crippen LogP contribution < -0.4 is 25.1 Å². The molecule has 1 fully saturated rings. The molecule has 9 heteroatoms. The lowest BCUT2D eigenvalue weighted by Gasteiger charge is -2.23. The summed E-state index contributed by atoms with van der Waals surface area (Å²) in [6, 6.07) is 7.42. The SMILES string of the molecule is COc1cc(C(=O)NNC(=O)CN2CCC[C@H]2c2cccs2)cc(OC)c1OC. The summed E-state index contributed by atoms with van der Waals surface area (Å²) in [6.07, 6.45) is 2.08. The van der Waals surface area contributed by atoms with Gasteiger partial charge >= 0.3 is 0 Å². The Morgan fingerprint density at radius 3 is 2.45 bits per heavy atom. The van der Waals surface area contributed by atoms with E-state index in [1.807, 2.05) is 11.4 Å². The number of nitrogens with zero attached hydrogens (tertiary/aromatic N) is 1. The molecule has 0 saturated carbocycles. The van der Waals surface area contributed by atoms with E-state index in [0.717, 1.165) is 19.4 Å². The fourth-order valence-corrected chi connectivity index (χ4v) is 4.35. The van der Waals surface area contributed by atoms with Gasteiger partial charge in [-0.25, -0.2) is 0 Å². The van der Waals surface area contributed by atoms with Crippen LogP contribution >= 0.6 is 11.3 Å². The largest absolute Gasteiger partial charge is 0.493 e. The number of benzene rings is 1. The van der Waals surface area contributed by atoms with E-state index < -0.39 is 5.91 Å². The van der Waals surface area contributed by atoms with E-state index in [1.165, 1.54) is 38.3 Å². The van der Waals surface area contributed by atoms with Crippen molar-refractivity contribution >= 4 is 23.2 Å². The molecule has 1 saturated heterocycles. The number of methoxy groups -OCH3 is 3. The highest BCUT2D eigenvalue weighted by atomic mass is 32.1. The summed E-state index contributed by atoms with van der Waals surface area (Å²) in [5.41, 5.74) is 5.21. The van der Waals surface area contributed by atoms with Crippen LogP contribution in [-0.2, 0) is 4.79 Å². The third-order valence-electron chi connectivity index (χ3n) is 4.82. The number of carbonyl (C=O) groups is 2. The number of carbonyl (C=O) groups excluding carboxylic acids is 2. The van der Waals surface area contributed by atoms with Crippen molar-refractivity contribution in [2.75, 3.05) is 34.4 Å². The predicted molar refractivity (Wildman–Crippen MR) is 110 cm³/mol. The van der Waals surface area contributed by atoms with Gasteiger partial charge in [0.2, 0.25) is 5.75 Å². The standard InChI is InChI=1S/C20H25N3O5S/c1-26-15-10-13(11-16(27-2)19(15)28-3)20(25)22-21-18(24)12-23-8-4-6-14(23)17-7-5-9-29-17/h5,7,9-11,14H,4,6,8,12H2,1-3H3,(H,21,24)(H,22,25)/t14-/m0/s1. The number of amides is 2. The predicted octanol–water partition coefficient (Wildman–Crippen LogP) is 2.37. The number of ether oxygens (including phenoxy) is 3. The van der Waals surface area contributed by atoms with Gasteiger partial charge in [0.05, 0.1) is 27.9 Å². The smallest absolute Gasteiger partial charge is 0.269 e. The quantitative estimate of drug-likeness (QED) is 0.670. The zero-order valence-electron chi connectivity index (χ0n) is 16.7. The molecule has 0 radical (unpaired) electrons. The third-order valence-corrected chi connectivity index (χ3v) is 5.80. The molecule has 156 valence electrons. The van der Waals surface area contributed by atoms with E-state index in [4.69, 9.17) is 14.2 Å². The van der Waals surface area contributed by atoms with Gasteiger partial charge < -0.3 is 14.2 Å². The Balaban J connectivity index is 1.59. The molecular formula is C20H25N3O5S. The van der Waals surface area contributed by atoms with Crippen LogP contribution in [0.5, 0.6) is 17.2 Å². The molecule has 3 rings (SSSR count). The molecule has 1 aliphatic heterocycles. The Morgan fingerprint density at radius 1 is 1.14 bits per heavy atom. The minimum absolute atomic E-state index is 0.220. The van der Waals surface area contributed by atoms with Crippen LogP contribution in [0.15, 0.2) is 29.6 Å². The lowest BCUT2D eigenvalue weighted by molar-refractivity contribution is -0.123. The second kappa shape index (κ2) is 9.62. The van der Waals surface area contributed by atoms with Crippen molar-refractivity contribution in [2.45, 2.75) is 18.9 Å². The Kier molecular flexibility index (Phi) is 6.95. The lowest BCUT2D eigenvalue weighted by Crippen LogP contribution is -2.46. The molecule has 1 atom stereocenters. The average molecular weight is 420 g/mol. The monoisotopic (exact) mass is 419 g/mol. The maximum Gasteiger partial charge on any atom is 0.269 e. The van der Waals surface area contributed by atoms with Crippen LogP contribution in [0.3, 0.4) is 0 Å². The van der Waals surface area contributed by atoms with E-state index in [2.05, 4.69) is 21.8 Å². The van der Waals surface area contributed by atoms with Crippen molar-refractivity contribution in [3.63, 3.8) is 0 Å². The Hall–Kier alpha value is -2.78. The van der Waals surface area contributed by atoms with Crippen LogP contribution in [0.2, 0.25) is 0 Å². The van der Waals surface area contributed by atoms with Crippen LogP contribution in [0.4, 0.5) is 0 Å². The van der Waals surface area contributed by atoms with Gasteiger partial charge in [-0.1, -0.05) is 6.07 Å². The molecule has 0 spiro atoms. The van der Waals surface area contributed by atoms with Crippen LogP contribution in [-0.4, -0.2) is 51.1 Å². The molecule has 1 aliphatic rings. The number of hydrogen-bond acceptors (Lipinski definition) is 7. The van der Waals surface area contributed by atoms with Gasteiger partial charge in [-0.3, -0.25) is 25.3 Å². The molecule has 2 aromatic rings. The first-order chi connectivity index (χ1) is 14.1. The second-order valence-electron chi connectivity index (χ2n) is 6.56. The van der Waals surface area contributed by atoms with Crippen molar-refractivity contribution in [3.8, 4) is 17.2 Å². The fraction of sp³-hybridized carbons (Fsp3) is 0.400. The summed E-state index contributed by atoms with van der Waals surface area (Å²) in [7, 11) is 4.43. The summed E-state index contributed by atoms with van der Waals surface area (Å²) in [6.45, 7) is 1.08. The van der Waals surface area contributed by atoms with Gasteiger partial charge in [0.15, 0.2) is 11.5 Å². The minimum Gasteiger partial charge on any atom is -0.493 e. The summed E-state index contributed by atoms with van der Waals surface area (Å²) in [5.74, 6) is 0.366. The van der Waals surface area contributed by atoms with E-state index in [1.54, 1.807) is 11.3 Å². The van der Waals surface area contributed by atoms with Gasteiger partial charge in [0.1, 0.15) is 0 Å². The molecule has 2 N–H and O–H groups in total. The number of rotatable bonds is 7. The summed E-state index contributed by atoms with van der Waals surface area (Å²) in [5, 5.41) is 2.05. The van der Waals surface area contributed by atoms with Crippen molar-refractivity contribution in [2.24, 2.45) is 0 Å². The maximum absolute atomic E-state index is 12.5. The van der Waals surface area contributed by atoms with Crippen LogP contribution in [0.25, 0.3) is 0 Å². The number of likely N-dealkylation sites (tertiary alicyclic amines) is 1. The Bertz CT molecular complexity index is 831. The highest BCUT2D eigenvalue weighted by molar-refractivity contribution is 7.10. The van der Waals surface area contributed by atoms with Crippen molar-refractivity contribution in [1.29, 1.82) is 0 Å². The molecule has 29 heavy (non-hydrogen) atoms. The fourth-order valence-electron chi connectivity index (χ4n) is 3.45. The highest BCUT2D eigenvalue weighted by Crippen LogP contribution is 2.38. The van der Waals surface area contributed by atoms with Crippen molar-refractivity contribution in [1.82, 2.24) is 15.8 Å². The first kappa shape index (κ1) is 20.9. The van der Waals surface area contributed by atoms with E-state index in [-0.39, 0.29) is 24.1 Å². The summed E-state index contributed by atoms with van der Waals surface area (Å²) < 4.78 is 15.8. The van der Waals surface area contributed by atoms with Gasteiger partial charge in [-0.05, 0) is 43.0 Å². The molecular weight excluding hydrogens is 394 g/mol. The highest BCUT2D eigenvalue weighted by Gasteiger charge is 2.28. The van der Waals surface area contributed by atoms with Crippen molar-refractivity contribution < 1.29 is 23.8 Å². The number of thiophene rings is 1. The lowest BCUT2D eigenvalue weighted by atomic mass is 10.1. The topological polar surface area (TPSA) is 89.1 Å². The van der Waals surface area contributed by atoms with E-state index >= 15 is 0 Å². The first-order valence-corrected chi connectivity index (χ1v) is 10.1. The average Bonchev–Trinajstić information content (AvgIpc) is 3.42. The summed E-state index contributed by atoms with van der Waals surface area (Å²) in [4.78, 5) is 28.2. The minimum atomic E-state index is -0.478. The van der Waals surface area contributed by atoms with E-state index in [9.17, 15) is 9.59 Å². The summed E-state index contributed by atoms with van der Waals surface area (Å²) >= 11 is 1.70. The molecule has 1 aromatic heterocycles. The Morgan fingerprint density at radius 2 is 1.86 bits per heavy atom. The van der Waals surface area contributed by atoms with E-state index in [0.29, 0.717) is 17.2 Å². The van der Waals surface area contributed by atoms with Crippen molar-refractivity contribution in [3.05, 3.63) is 40.1 Å². The first-order valence-electron chi connectivity index (χ1n) is 9.24. The zero-order chi connectivity index (χ0) is 20.8. The van der Waals surface area contributed by atoms with Gasteiger partial charge in [0.25, 0.3) is 11.8 Å². The van der Waals surface area contributed by atoms with Gasteiger partial charge in [0, 0.05) is 16.5 Å². The number of hydrogen-bond donors (Lipinski definition) is 2. The molecule has 2 amide bonds. The molecule has 8 nitrogen and oxygen atoms in total. The van der Waals surface area contributed by atoms with Gasteiger partial charge in [-0.15, -0.1) is 11.3 Å². The zero-order valence-corrected chi connectivity index (χ0v) is 17.5. The molecule has 0 bridgehead atoms. The number of nitrogens with one attached hydrogen (secondary N) is 2. The second-order valence-corrected chi connectivity index (χ2v) is 7.54.